The molecule has 30 heavy (non-hydrogen) atoms. The number of hydrogen-bond donors (Lipinski definition) is 3. The van der Waals surface area contributed by atoms with Crippen LogP contribution in [0.2, 0.25) is 0 Å². The summed E-state index contributed by atoms with van der Waals surface area (Å²) < 4.78 is 0. The monoisotopic (exact) mass is 408 g/mol. The van der Waals surface area contributed by atoms with Gasteiger partial charge in [0.1, 0.15) is 0 Å². The number of carbonyl (C=O) groups is 3. The standard InChI is InChI=1S/C23H28N4O3/c1-2-17-8-6-7-11-20(17)26-21(28)16-24-22(29)18-12-14-27(15-13-18)23(30)25-19-9-4-3-5-10-19/h3-11,18H,2,12-16H2,1H3,(H,24,29)(H,25,30)(H,26,28). The third-order valence-electron chi connectivity index (χ3n) is 5.27. The fourth-order valence-electron chi connectivity index (χ4n) is 3.53. The van der Waals surface area contributed by atoms with E-state index in [4.69, 9.17) is 0 Å². The van der Waals surface area contributed by atoms with E-state index in [2.05, 4.69) is 16.0 Å². The second-order valence-electron chi connectivity index (χ2n) is 7.33. The van der Waals surface area contributed by atoms with Gasteiger partial charge < -0.3 is 20.9 Å². The highest BCUT2D eigenvalue weighted by atomic mass is 16.2. The Kier molecular flexibility index (Phi) is 7.43. The van der Waals surface area contributed by atoms with E-state index in [-0.39, 0.29) is 30.3 Å². The predicted molar refractivity (Wildman–Crippen MR) is 117 cm³/mol. The van der Waals surface area contributed by atoms with Crippen molar-refractivity contribution in [3.05, 3.63) is 60.2 Å². The maximum atomic E-state index is 12.4. The smallest absolute Gasteiger partial charge is 0.321 e. The van der Waals surface area contributed by atoms with Gasteiger partial charge in [0.25, 0.3) is 0 Å². The lowest BCUT2D eigenvalue weighted by Gasteiger charge is -2.31. The van der Waals surface area contributed by atoms with Gasteiger partial charge in [0.2, 0.25) is 11.8 Å². The molecule has 0 bridgehead atoms. The number of nitrogens with one attached hydrogen (secondary N) is 3. The number of nitrogens with zero attached hydrogens (tertiary/aromatic N) is 1. The highest BCUT2D eigenvalue weighted by Crippen LogP contribution is 2.19. The second kappa shape index (κ2) is 10.4. The molecule has 2 aromatic rings. The van der Waals surface area contributed by atoms with Crippen molar-refractivity contribution in [2.24, 2.45) is 5.92 Å². The number of anilines is 2. The molecule has 0 spiro atoms. The van der Waals surface area contributed by atoms with Gasteiger partial charge in [-0.15, -0.1) is 0 Å². The molecule has 4 amide bonds. The number of carbonyl (C=O) groups excluding carboxylic acids is 3. The molecule has 0 aliphatic carbocycles. The van der Waals surface area contributed by atoms with Crippen LogP contribution in [0.5, 0.6) is 0 Å². The molecule has 158 valence electrons. The molecule has 7 heteroatoms. The van der Waals surface area contributed by atoms with Crippen LogP contribution in [0.3, 0.4) is 0 Å². The van der Waals surface area contributed by atoms with Crippen LogP contribution in [0.4, 0.5) is 16.2 Å². The zero-order chi connectivity index (χ0) is 21.3. The molecule has 3 N–H and O–H groups in total. The normalized spacial score (nSPS) is 14.1. The average Bonchev–Trinajstić information content (AvgIpc) is 2.78. The Balaban J connectivity index is 1.40. The third-order valence-corrected chi connectivity index (χ3v) is 5.27. The number of rotatable bonds is 6. The summed E-state index contributed by atoms with van der Waals surface area (Å²) in [6.45, 7) is 2.98. The van der Waals surface area contributed by atoms with Gasteiger partial charge in [-0.2, -0.15) is 0 Å². The molecule has 7 nitrogen and oxygen atoms in total. The minimum absolute atomic E-state index is 0.0639. The van der Waals surface area contributed by atoms with Gasteiger partial charge in [0, 0.05) is 30.4 Å². The van der Waals surface area contributed by atoms with Gasteiger partial charge in [0.05, 0.1) is 6.54 Å². The fourth-order valence-corrected chi connectivity index (χ4v) is 3.53. The number of para-hydroxylation sites is 2. The van der Waals surface area contributed by atoms with Gasteiger partial charge in [-0.1, -0.05) is 43.3 Å². The first-order valence-corrected chi connectivity index (χ1v) is 10.3. The summed E-state index contributed by atoms with van der Waals surface area (Å²) >= 11 is 0. The summed E-state index contributed by atoms with van der Waals surface area (Å²) in [6.07, 6.45) is 1.97. The summed E-state index contributed by atoms with van der Waals surface area (Å²) in [4.78, 5) is 38.7. The minimum atomic E-state index is -0.246. The lowest BCUT2D eigenvalue weighted by atomic mass is 9.96. The molecule has 0 saturated carbocycles. The van der Waals surface area contributed by atoms with E-state index in [1.807, 2.05) is 61.5 Å². The molecule has 1 aliphatic heterocycles. The van der Waals surface area contributed by atoms with Crippen molar-refractivity contribution in [2.75, 3.05) is 30.3 Å². The summed E-state index contributed by atoms with van der Waals surface area (Å²) in [6, 6.07) is 16.8. The predicted octanol–water partition coefficient (Wildman–Crippen LogP) is 3.25. The lowest BCUT2D eigenvalue weighted by Crippen LogP contribution is -2.45. The summed E-state index contributed by atoms with van der Waals surface area (Å²) in [5.41, 5.74) is 2.58. The highest BCUT2D eigenvalue weighted by molar-refractivity contribution is 5.95. The Hall–Kier alpha value is -3.35. The molecule has 0 radical (unpaired) electrons. The Labute approximate surface area is 176 Å². The first-order chi connectivity index (χ1) is 14.6. The Morgan fingerprint density at radius 2 is 1.60 bits per heavy atom. The molecule has 0 aromatic heterocycles. The van der Waals surface area contributed by atoms with Crippen LogP contribution in [-0.4, -0.2) is 42.4 Å². The van der Waals surface area contributed by atoms with Crippen molar-refractivity contribution in [3.63, 3.8) is 0 Å². The van der Waals surface area contributed by atoms with Gasteiger partial charge in [-0.05, 0) is 43.0 Å². The number of amides is 4. The van der Waals surface area contributed by atoms with Crippen molar-refractivity contribution >= 4 is 29.2 Å². The molecule has 1 fully saturated rings. The Morgan fingerprint density at radius 1 is 0.933 bits per heavy atom. The number of urea groups is 1. The lowest BCUT2D eigenvalue weighted by molar-refractivity contribution is -0.128. The van der Waals surface area contributed by atoms with E-state index in [1.54, 1.807) is 4.90 Å². The van der Waals surface area contributed by atoms with Crippen molar-refractivity contribution < 1.29 is 14.4 Å². The summed E-state index contributed by atoms with van der Waals surface area (Å²) in [7, 11) is 0. The second-order valence-corrected chi connectivity index (χ2v) is 7.33. The molecule has 1 aliphatic rings. The van der Waals surface area contributed by atoms with E-state index < -0.39 is 0 Å². The number of hydrogen-bond acceptors (Lipinski definition) is 3. The largest absolute Gasteiger partial charge is 0.347 e. The van der Waals surface area contributed by atoms with Crippen LogP contribution in [-0.2, 0) is 16.0 Å². The van der Waals surface area contributed by atoms with E-state index in [0.717, 1.165) is 23.4 Å². The number of benzene rings is 2. The number of aryl methyl sites for hydroxylation is 1. The van der Waals surface area contributed by atoms with E-state index >= 15 is 0 Å². The van der Waals surface area contributed by atoms with Crippen LogP contribution < -0.4 is 16.0 Å². The van der Waals surface area contributed by atoms with Gasteiger partial charge in [-0.3, -0.25) is 9.59 Å². The van der Waals surface area contributed by atoms with E-state index in [1.165, 1.54) is 0 Å². The van der Waals surface area contributed by atoms with Gasteiger partial charge in [-0.25, -0.2) is 4.79 Å². The van der Waals surface area contributed by atoms with Crippen LogP contribution in [0.25, 0.3) is 0 Å². The van der Waals surface area contributed by atoms with Crippen LogP contribution in [0, 0.1) is 5.92 Å². The zero-order valence-electron chi connectivity index (χ0n) is 17.2. The summed E-state index contributed by atoms with van der Waals surface area (Å²) in [5, 5.41) is 8.44. The minimum Gasteiger partial charge on any atom is -0.347 e. The Morgan fingerprint density at radius 3 is 2.30 bits per heavy atom. The molecule has 0 atom stereocenters. The summed E-state index contributed by atoms with van der Waals surface area (Å²) in [5.74, 6) is -0.581. The first kappa shape index (κ1) is 21.4. The first-order valence-electron chi connectivity index (χ1n) is 10.3. The Bertz CT molecular complexity index is 877. The molecule has 1 heterocycles. The van der Waals surface area contributed by atoms with Crippen molar-refractivity contribution in [2.45, 2.75) is 26.2 Å². The fraction of sp³-hybridized carbons (Fsp3) is 0.348. The van der Waals surface area contributed by atoms with Crippen molar-refractivity contribution in [1.82, 2.24) is 10.2 Å². The van der Waals surface area contributed by atoms with Crippen molar-refractivity contribution in [3.8, 4) is 0 Å². The van der Waals surface area contributed by atoms with E-state index in [9.17, 15) is 14.4 Å². The molecule has 0 unspecified atom stereocenters. The molecular weight excluding hydrogens is 380 g/mol. The van der Waals surface area contributed by atoms with Crippen LogP contribution in [0.1, 0.15) is 25.3 Å². The maximum Gasteiger partial charge on any atom is 0.321 e. The quantitative estimate of drug-likeness (QED) is 0.685. The SMILES string of the molecule is CCc1ccccc1NC(=O)CNC(=O)C1CCN(C(=O)Nc2ccccc2)CC1. The molecule has 2 aromatic carbocycles. The maximum absolute atomic E-state index is 12.4. The van der Waals surface area contributed by atoms with Gasteiger partial charge >= 0.3 is 6.03 Å². The average molecular weight is 409 g/mol. The molecule has 3 rings (SSSR count). The third kappa shape index (κ3) is 5.83. The molecule has 1 saturated heterocycles. The number of likely N-dealkylation sites (tertiary alicyclic amines) is 1. The van der Waals surface area contributed by atoms with Gasteiger partial charge in [0.15, 0.2) is 0 Å². The zero-order valence-corrected chi connectivity index (χ0v) is 17.2. The van der Waals surface area contributed by atoms with Crippen LogP contribution >= 0.6 is 0 Å². The van der Waals surface area contributed by atoms with Crippen molar-refractivity contribution in [1.29, 1.82) is 0 Å². The topological polar surface area (TPSA) is 90.5 Å². The van der Waals surface area contributed by atoms with E-state index in [0.29, 0.717) is 25.9 Å². The van der Waals surface area contributed by atoms with Crippen LogP contribution in [0.15, 0.2) is 54.6 Å². The molecular formula is C23H28N4O3. The highest BCUT2D eigenvalue weighted by Gasteiger charge is 2.27. The number of piperidine rings is 1.